The summed E-state index contributed by atoms with van der Waals surface area (Å²) in [5, 5.41) is 1.46. The Labute approximate surface area is 113 Å². The molecule has 0 bridgehead atoms. The molecule has 0 aromatic heterocycles. The van der Waals surface area contributed by atoms with E-state index in [4.69, 9.17) is 4.74 Å². The summed E-state index contributed by atoms with van der Waals surface area (Å²) < 4.78 is 4.89. The van der Waals surface area contributed by atoms with Gasteiger partial charge in [0.25, 0.3) is 0 Å². The zero-order valence-corrected chi connectivity index (χ0v) is 12.4. The van der Waals surface area contributed by atoms with E-state index in [1.807, 2.05) is 0 Å². The molecule has 0 amide bonds. The summed E-state index contributed by atoms with van der Waals surface area (Å²) >= 11 is 0. The molecule has 0 unspecified atom stereocenters. The van der Waals surface area contributed by atoms with Crippen molar-refractivity contribution in [2.75, 3.05) is 6.61 Å². The number of benzene rings is 1. The van der Waals surface area contributed by atoms with Gasteiger partial charge >= 0.3 is 5.97 Å². The molecule has 0 spiro atoms. The number of hydrogen-bond donors (Lipinski definition) is 0. The quantitative estimate of drug-likeness (QED) is 0.409. The van der Waals surface area contributed by atoms with Crippen molar-refractivity contribution in [1.82, 2.24) is 0 Å². The van der Waals surface area contributed by atoms with Gasteiger partial charge in [-0.25, -0.2) is 0 Å². The molecule has 0 aliphatic rings. The van der Waals surface area contributed by atoms with Gasteiger partial charge in [0.2, 0.25) is 0 Å². The second-order valence-corrected chi connectivity index (χ2v) is 5.98. The fourth-order valence-corrected chi connectivity index (χ4v) is 2.82. The highest BCUT2D eigenvalue weighted by Crippen LogP contribution is 2.03. The largest absolute Gasteiger partial charge is 0.466 e. The minimum absolute atomic E-state index is 0.171. The highest BCUT2D eigenvalue weighted by Gasteiger charge is 1.96. The highest BCUT2D eigenvalue weighted by atomic mass is 28.2. The fraction of sp³-hybridized carbons (Fsp3) is 0.533. The Hall–Kier alpha value is -1.09. The van der Waals surface area contributed by atoms with Crippen molar-refractivity contribution in [2.45, 2.75) is 45.6 Å². The van der Waals surface area contributed by atoms with Gasteiger partial charge < -0.3 is 4.74 Å². The van der Waals surface area contributed by atoms with E-state index in [1.165, 1.54) is 36.6 Å². The molecule has 1 rings (SSSR count). The highest BCUT2D eigenvalue weighted by molar-refractivity contribution is 6.53. The molecule has 1 aromatic rings. The van der Waals surface area contributed by atoms with Gasteiger partial charge in [0.05, 0.1) is 16.1 Å². The van der Waals surface area contributed by atoms with Crippen molar-refractivity contribution in [1.29, 1.82) is 0 Å². The number of carbonyl (C=O) groups is 1. The number of ether oxygens (including phenoxy) is 1. The van der Waals surface area contributed by atoms with Crippen LogP contribution in [0.25, 0.3) is 0 Å². The van der Waals surface area contributed by atoms with E-state index in [-0.39, 0.29) is 5.97 Å². The summed E-state index contributed by atoms with van der Waals surface area (Å²) in [7, 11) is 0.924. The number of aryl methyl sites for hydroxylation is 1. The van der Waals surface area contributed by atoms with Gasteiger partial charge in [-0.1, -0.05) is 60.3 Å². The third-order valence-electron chi connectivity index (χ3n) is 2.76. The number of rotatable bonds is 8. The topological polar surface area (TPSA) is 26.3 Å². The molecule has 0 saturated carbocycles. The summed E-state index contributed by atoms with van der Waals surface area (Å²) in [6, 6.07) is 10.1. The molecule has 0 saturated heterocycles. The third kappa shape index (κ3) is 7.28. The zero-order chi connectivity index (χ0) is 13.2. The molecule has 1 aromatic carbocycles. The molecule has 2 radical (unpaired) electrons. The lowest BCUT2D eigenvalue weighted by Gasteiger charge is -2.03. The Bertz CT molecular complexity index is 346. The monoisotopic (exact) mass is 262 g/mol. The maximum atomic E-state index is 10.5. The van der Waals surface area contributed by atoms with Gasteiger partial charge in [0.15, 0.2) is 0 Å². The maximum absolute atomic E-state index is 10.5. The van der Waals surface area contributed by atoms with Crippen molar-refractivity contribution in [2.24, 2.45) is 0 Å². The second-order valence-electron chi connectivity index (χ2n) is 4.55. The summed E-state index contributed by atoms with van der Waals surface area (Å²) in [6.07, 6.45) is 4.66. The van der Waals surface area contributed by atoms with Gasteiger partial charge in [-0.3, -0.25) is 4.79 Å². The Balaban J connectivity index is 1.95. The van der Waals surface area contributed by atoms with Gasteiger partial charge in [-0.2, -0.15) is 0 Å². The van der Waals surface area contributed by atoms with Crippen LogP contribution in [0.4, 0.5) is 0 Å². The smallest absolute Gasteiger partial charge is 0.302 e. The molecular formula is C15H22O2Si. The third-order valence-corrected chi connectivity index (χ3v) is 4.10. The van der Waals surface area contributed by atoms with Crippen LogP contribution in [0.5, 0.6) is 0 Å². The Morgan fingerprint density at radius 1 is 1.11 bits per heavy atom. The SMILES string of the molecule is CC(=O)OCCCCCC[Si]c1ccc(C)cc1. The van der Waals surface area contributed by atoms with Crippen LogP contribution >= 0.6 is 0 Å². The van der Waals surface area contributed by atoms with E-state index in [1.54, 1.807) is 0 Å². The molecule has 0 atom stereocenters. The van der Waals surface area contributed by atoms with Crippen molar-refractivity contribution in [3.63, 3.8) is 0 Å². The van der Waals surface area contributed by atoms with Crippen molar-refractivity contribution < 1.29 is 9.53 Å². The first-order chi connectivity index (χ1) is 8.68. The maximum Gasteiger partial charge on any atom is 0.302 e. The molecule has 0 aliphatic carbocycles. The van der Waals surface area contributed by atoms with Gasteiger partial charge in [-0.15, -0.1) is 0 Å². The molecule has 98 valence electrons. The van der Waals surface area contributed by atoms with E-state index < -0.39 is 0 Å². The minimum atomic E-state index is -0.171. The van der Waals surface area contributed by atoms with Gasteiger partial charge in [0.1, 0.15) is 0 Å². The molecular weight excluding hydrogens is 240 g/mol. The first-order valence-corrected chi connectivity index (χ1v) is 7.83. The first kappa shape index (κ1) is 15.0. The van der Waals surface area contributed by atoms with Crippen LogP contribution in [0.3, 0.4) is 0 Å². The van der Waals surface area contributed by atoms with Gasteiger partial charge in [-0.05, 0) is 13.3 Å². The van der Waals surface area contributed by atoms with E-state index in [0.717, 1.165) is 22.4 Å². The number of hydrogen-bond acceptors (Lipinski definition) is 2. The zero-order valence-electron chi connectivity index (χ0n) is 11.4. The Morgan fingerprint density at radius 2 is 1.78 bits per heavy atom. The van der Waals surface area contributed by atoms with E-state index in [0.29, 0.717) is 6.61 Å². The predicted octanol–water partition coefficient (Wildman–Crippen LogP) is 2.87. The average Bonchev–Trinajstić information content (AvgIpc) is 2.34. The predicted molar refractivity (Wildman–Crippen MR) is 76.5 cm³/mol. The number of esters is 1. The lowest BCUT2D eigenvalue weighted by Crippen LogP contribution is -2.12. The Kier molecular flexibility index (Phi) is 7.42. The van der Waals surface area contributed by atoms with Crippen LogP contribution in [0.2, 0.25) is 6.04 Å². The van der Waals surface area contributed by atoms with Crippen LogP contribution in [0, 0.1) is 6.92 Å². The van der Waals surface area contributed by atoms with Crippen LogP contribution in [-0.2, 0) is 9.53 Å². The molecule has 2 nitrogen and oxygen atoms in total. The Morgan fingerprint density at radius 3 is 2.44 bits per heavy atom. The number of unbranched alkanes of at least 4 members (excludes halogenated alkanes) is 3. The second kappa shape index (κ2) is 8.92. The number of carbonyl (C=O) groups excluding carboxylic acids is 1. The van der Waals surface area contributed by atoms with Crippen LogP contribution in [0.15, 0.2) is 24.3 Å². The summed E-state index contributed by atoms with van der Waals surface area (Å²) in [5.41, 5.74) is 1.33. The molecule has 0 heterocycles. The summed E-state index contributed by atoms with van der Waals surface area (Å²) in [4.78, 5) is 10.5. The lowest BCUT2D eigenvalue weighted by atomic mass is 10.2. The van der Waals surface area contributed by atoms with Crippen molar-refractivity contribution >= 4 is 20.7 Å². The van der Waals surface area contributed by atoms with E-state index in [2.05, 4.69) is 31.2 Å². The van der Waals surface area contributed by atoms with E-state index >= 15 is 0 Å². The average molecular weight is 262 g/mol. The fourth-order valence-electron chi connectivity index (χ4n) is 1.70. The van der Waals surface area contributed by atoms with Crippen molar-refractivity contribution in [3.05, 3.63) is 29.8 Å². The van der Waals surface area contributed by atoms with E-state index in [9.17, 15) is 4.79 Å². The lowest BCUT2D eigenvalue weighted by molar-refractivity contribution is -0.141. The van der Waals surface area contributed by atoms with Crippen LogP contribution in [0.1, 0.15) is 38.2 Å². The molecule has 18 heavy (non-hydrogen) atoms. The first-order valence-electron chi connectivity index (χ1n) is 6.62. The summed E-state index contributed by atoms with van der Waals surface area (Å²) in [6.45, 7) is 4.16. The normalized spacial score (nSPS) is 10.3. The standard InChI is InChI=1S/C15H22O2Si/c1-13-7-9-15(10-8-13)18-12-6-4-3-5-11-17-14(2)16/h7-10H,3-6,11-12H2,1-2H3. The molecule has 0 fully saturated rings. The molecule has 3 heteroatoms. The summed E-state index contributed by atoms with van der Waals surface area (Å²) in [5.74, 6) is -0.171. The van der Waals surface area contributed by atoms with Crippen molar-refractivity contribution in [3.8, 4) is 0 Å². The molecule has 0 N–H and O–H groups in total. The minimum Gasteiger partial charge on any atom is -0.466 e. The van der Waals surface area contributed by atoms with Crippen LogP contribution in [-0.4, -0.2) is 22.1 Å². The van der Waals surface area contributed by atoms with Crippen LogP contribution < -0.4 is 5.19 Å². The van der Waals surface area contributed by atoms with Gasteiger partial charge in [0, 0.05) is 6.92 Å². The molecule has 0 aliphatic heterocycles.